The highest BCUT2D eigenvalue weighted by molar-refractivity contribution is 5.78. The lowest BCUT2D eigenvalue weighted by molar-refractivity contribution is -0.173. The number of carbonyl (C=O) groups excluding carboxylic acids is 2. The van der Waals surface area contributed by atoms with Crippen LogP contribution in [0, 0.1) is 69.0 Å². The summed E-state index contributed by atoms with van der Waals surface area (Å²) < 4.78 is 23.7. The Morgan fingerprint density at radius 1 is 0.597 bits per heavy atom. The van der Waals surface area contributed by atoms with E-state index in [1.807, 2.05) is 0 Å². The minimum atomic E-state index is -0.848. The van der Waals surface area contributed by atoms with Gasteiger partial charge in [0.15, 0.2) is 0 Å². The van der Waals surface area contributed by atoms with Crippen LogP contribution >= 0.6 is 0 Å². The molecule has 10 unspecified atom stereocenters. The maximum Gasteiger partial charge on any atom is 0.312 e. The summed E-state index contributed by atoms with van der Waals surface area (Å²) in [6.07, 6.45) is 24.6. The van der Waals surface area contributed by atoms with E-state index in [0.29, 0.717) is 48.7 Å². The summed E-state index contributed by atoms with van der Waals surface area (Å²) in [6, 6.07) is 0. The van der Waals surface area contributed by atoms with Gasteiger partial charge in [0, 0.05) is 13.2 Å². The molecule has 0 aliphatic heterocycles. The third kappa shape index (κ3) is 9.80. The molecule has 10 atom stereocenters. The summed E-state index contributed by atoms with van der Waals surface area (Å²) >= 11 is 0. The largest absolute Gasteiger partial charge is 0.462 e. The van der Waals surface area contributed by atoms with Gasteiger partial charge in [0.25, 0.3) is 0 Å². The van der Waals surface area contributed by atoms with Gasteiger partial charge in [-0.15, -0.1) is 0 Å². The van der Waals surface area contributed by atoms with Crippen LogP contribution in [0.15, 0.2) is 46.6 Å². The predicted octanol–water partition coefficient (Wildman–Crippen LogP) is 10.9. The van der Waals surface area contributed by atoms with E-state index in [4.69, 9.17) is 18.9 Å². The molecule has 0 aromatic rings. The molecule has 8 heteroatoms. The van der Waals surface area contributed by atoms with E-state index in [2.05, 4.69) is 79.7 Å². The van der Waals surface area contributed by atoms with E-state index in [1.54, 1.807) is 11.1 Å². The topological polar surface area (TPSA) is 112 Å². The van der Waals surface area contributed by atoms with E-state index in [1.165, 1.54) is 24.0 Å². The molecule has 62 heavy (non-hydrogen) atoms. The number of esters is 2. The Bertz CT molecular complexity index is 1590. The van der Waals surface area contributed by atoms with E-state index in [0.717, 1.165) is 89.9 Å². The molecule has 0 heterocycles. The number of ether oxygens (including phenoxy) is 4. The normalized spacial score (nSPS) is 37.9. The van der Waals surface area contributed by atoms with E-state index < -0.39 is 23.0 Å². The second-order valence-electron chi connectivity index (χ2n) is 22.9. The molecule has 3 saturated carbocycles. The Labute approximate surface area is 375 Å². The maximum atomic E-state index is 13.8. The fourth-order valence-corrected chi connectivity index (χ4v) is 14.3. The first-order valence-electron chi connectivity index (χ1n) is 25.1. The lowest BCUT2D eigenvalue weighted by Gasteiger charge is -2.57. The highest BCUT2D eigenvalue weighted by Crippen LogP contribution is 2.64. The lowest BCUT2D eigenvalue weighted by atomic mass is 9.47. The molecule has 2 N–H and O–H groups in total. The predicted molar refractivity (Wildman–Crippen MR) is 245 cm³/mol. The van der Waals surface area contributed by atoms with Crippen molar-refractivity contribution in [3.05, 3.63) is 46.6 Å². The average molecular weight is 861 g/mol. The average Bonchev–Trinajstić information content (AvgIpc) is 3.24. The Hall–Kier alpha value is -2.26. The van der Waals surface area contributed by atoms with Gasteiger partial charge in [-0.1, -0.05) is 89.8 Å². The van der Waals surface area contributed by atoms with Crippen molar-refractivity contribution in [1.82, 2.24) is 0 Å². The summed E-state index contributed by atoms with van der Waals surface area (Å²) in [6.45, 7) is 19.6. The molecule has 3 fully saturated rings. The van der Waals surface area contributed by atoms with Crippen LogP contribution in [0.3, 0.4) is 0 Å². The van der Waals surface area contributed by atoms with Crippen LogP contribution in [0.1, 0.15) is 158 Å². The van der Waals surface area contributed by atoms with Crippen molar-refractivity contribution in [2.45, 2.75) is 170 Å². The molecule has 7 aliphatic rings. The van der Waals surface area contributed by atoms with Crippen molar-refractivity contribution in [2.75, 3.05) is 39.6 Å². The van der Waals surface area contributed by atoms with Crippen molar-refractivity contribution in [3.8, 4) is 0 Å². The van der Waals surface area contributed by atoms with Gasteiger partial charge < -0.3 is 29.2 Å². The molecule has 0 saturated heterocycles. The molecule has 7 aliphatic carbocycles. The number of aliphatic hydroxyl groups is 2. The van der Waals surface area contributed by atoms with Crippen molar-refractivity contribution in [1.29, 1.82) is 0 Å². The summed E-state index contributed by atoms with van der Waals surface area (Å²) in [5.41, 5.74) is 5.14. The quantitative estimate of drug-likeness (QED) is 0.148. The Kier molecular flexibility index (Phi) is 15.1. The SMILES string of the molecule is CC(C)C1=CC2=CCC3C(C)(C(=O)OCC(O)COCC4CCC(COCC(O)COC(=O)C5(C)CCCC6(C)C7CCC(C(C)C)=CC7=CCC56)CC4)CCCC3(C)C2CC1. The molecule has 0 radical (unpaired) electrons. The number of hydrogen-bond acceptors (Lipinski definition) is 8. The van der Waals surface area contributed by atoms with E-state index in [-0.39, 0.29) is 61.0 Å². The molecule has 7 rings (SSSR count). The molecule has 0 bridgehead atoms. The molecule has 348 valence electrons. The van der Waals surface area contributed by atoms with Crippen LogP contribution in [-0.4, -0.2) is 74.0 Å². The number of rotatable bonds is 16. The van der Waals surface area contributed by atoms with Crippen molar-refractivity contribution in [3.63, 3.8) is 0 Å². The van der Waals surface area contributed by atoms with E-state index >= 15 is 0 Å². The second-order valence-corrected chi connectivity index (χ2v) is 22.9. The molecule has 0 aromatic heterocycles. The number of aliphatic hydroxyl groups excluding tert-OH is 2. The summed E-state index contributed by atoms with van der Waals surface area (Å²) in [5.74, 6) is 3.14. The van der Waals surface area contributed by atoms with Crippen molar-refractivity contribution >= 4 is 11.9 Å². The zero-order valence-corrected chi connectivity index (χ0v) is 40.0. The highest BCUT2D eigenvalue weighted by Gasteiger charge is 2.59. The minimum absolute atomic E-state index is 0.0344. The second kappa shape index (κ2) is 19.7. The maximum absolute atomic E-state index is 13.8. The Morgan fingerprint density at radius 2 is 0.984 bits per heavy atom. The molecular weight excluding hydrogens is 777 g/mol. The number of hydrogen-bond donors (Lipinski definition) is 2. The zero-order chi connectivity index (χ0) is 44.5. The summed E-state index contributed by atoms with van der Waals surface area (Å²) in [7, 11) is 0. The number of allylic oxidation sites excluding steroid dienone is 8. The molecule has 8 nitrogen and oxygen atoms in total. The first-order chi connectivity index (χ1) is 29.5. The van der Waals surface area contributed by atoms with E-state index in [9.17, 15) is 19.8 Å². The number of fused-ring (bicyclic) bond motifs is 6. The molecular formula is C54H84O8. The molecule has 0 amide bonds. The first-order valence-corrected chi connectivity index (χ1v) is 25.1. The summed E-state index contributed by atoms with van der Waals surface area (Å²) in [4.78, 5) is 27.5. The third-order valence-electron chi connectivity index (χ3n) is 18.2. The Balaban J connectivity index is 0.769. The van der Waals surface area contributed by atoms with Crippen LogP contribution in [0.5, 0.6) is 0 Å². The van der Waals surface area contributed by atoms with Crippen LogP contribution in [0.25, 0.3) is 0 Å². The van der Waals surface area contributed by atoms with Gasteiger partial charge >= 0.3 is 11.9 Å². The van der Waals surface area contributed by atoms with Gasteiger partial charge in [-0.3, -0.25) is 9.59 Å². The van der Waals surface area contributed by atoms with Crippen LogP contribution in [-0.2, 0) is 28.5 Å². The van der Waals surface area contributed by atoms with Crippen LogP contribution in [0.4, 0.5) is 0 Å². The monoisotopic (exact) mass is 861 g/mol. The third-order valence-corrected chi connectivity index (χ3v) is 18.2. The molecule has 0 aromatic carbocycles. The van der Waals surface area contributed by atoms with Crippen LogP contribution < -0.4 is 0 Å². The van der Waals surface area contributed by atoms with Gasteiger partial charge in [-0.2, -0.15) is 0 Å². The van der Waals surface area contributed by atoms with Gasteiger partial charge in [0.05, 0.1) is 24.0 Å². The Morgan fingerprint density at radius 3 is 1.35 bits per heavy atom. The minimum Gasteiger partial charge on any atom is -0.462 e. The smallest absolute Gasteiger partial charge is 0.312 e. The summed E-state index contributed by atoms with van der Waals surface area (Å²) in [5, 5.41) is 21.6. The van der Waals surface area contributed by atoms with Gasteiger partial charge in [0.1, 0.15) is 25.4 Å². The fraction of sp³-hybridized carbons (Fsp3) is 0.815. The number of carbonyl (C=O) groups is 2. The highest BCUT2D eigenvalue weighted by atomic mass is 16.6. The van der Waals surface area contributed by atoms with Gasteiger partial charge in [-0.05, 0) is 173 Å². The zero-order valence-electron chi connectivity index (χ0n) is 40.0. The lowest BCUT2D eigenvalue weighted by Crippen LogP contribution is -2.53. The van der Waals surface area contributed by atoms with Gasteiger partial charge in [-0.25, -0.2) is 0 Å². The van der Waals surface area contributed by atoms with Crippen LogP contribution in [0.2, 0.25) is 0 Å². The molecule has 0 spiro atoms. The first kappa shape index (κ1) is 47.7. The van der Waals surface area contributed by atoms with Crippen molar-refractivity contribution < 1.29 is 38.7 Å². The fourth-order valence-electron chi connectivity index (χ4n) is 14.3. The standard InChI is InChI=1S/C54H84O8/c1-35(2)39-15-19-45-41(27-39)17-21-47-51(45,5)23-9-25-53(47,7)49(57)61-33-43(55)31-59-29-37-11-13-38(14-12-37)30-60-32-44(56)34-62-50(58)54(8)26-10-24-52(6)46-20-16-40(36(3)4)28-42(46)18-22-48(52)54/h17-18,27-28,35-38,43-48,55-56H,9-16,19-26,29-34H2,1-8H3. The van der Waals surface area contributed by atoms with Gasteiger partial charge in [0.2, 0.25) is 0 Å². The van der Waals surface area contributed by atoms with Crippen molar-refractivity contribution in [2.24, 2.45) is 69.0 Å².